The van der Waals surface area contributed by atoms with Crippen LogP contribution in [0.4, 0.5) is 4.39 Å². The zero-order chi connectivity index (χ0) is 16.9. The number of halogens is 1. The average Bonchev–Trinajstić information content (AvgIpc) is 3.10. The predicted octanol–water partition coefficient (Wildman–Crippen LogP) is 2.64. The number of nitrogens with zero attached hydrogens (tertiary/aromatic N) is 1. The van der Waals surface area contributed by atoms with E-state index in [9.17, 15) is 9.18 Å². The highest BCUT2D eigenvalue weighted by Crippen LogP contribution is 2.19. The third kappa shape index (κ3) is 3.53. The van der Waals surface area contributed by atoms with E-state index in [1.54, 1.807) is 25.3 Å². The van der Waals surface area contributed by atoms with Gasteiger partial charge in [-0.3, -0.25) is 4.79 Å². The molecule has 1 N–H and O–H groups in total. The highest BCUT2D eigenvalue weighted by molar-refractivity contribution is 6.04. The summed E-state index contributed by atoms with van der Waals surface area (Å²) in [4.78, 5) is 17.3. The molecule has 0 aromatic heterocycles. The number of nitrogens with one attached hydrogen (secondary N) is 1. The van der Waals surface area contributed by atoms with E-state index in [1.165, 1.54) is 6.07 Å². The Bertz CT molecular complexity index is 759. The molecule has 3 rings (SSSR count). The van der Waals surface area contributed by atoms with E-state index in [2.05, 4.69) is 10.5 Å². The van der Waals surface area contributed by atoms with Crippen LogP contribution < -0.4 is 10.1 Å². The normalized spacial score (nSPS) is 16.2. The zero-order valence-corrected chi connectivity index (χ0v) is 13.2. The van der Waals surface area contributed by atoms with Gasteiger partial charge < -0.3 is 14.9 Å². The molecule has 1 heterocycles. The number of carbonyl (C=O) groups is 1. The smallest absolute Gasteiger partial charge is 0.264 e. The van der Waals surface area contributed by atoms with Gasteiger partial charge in [0.25, 0.3) is 5.91 Å². The molecular weight excluding hydrogens is 311 g/mol. The van der Waals surface area contributed by atoms with E-state index in [0.717, 1.165) is 11.3 Å². The second-order valence-electron chi connectivity index (χ2n) is 5.38. The first kappa shape index (κ1) is 16.0. The number of carbonyl (C=O) groups excluding carboxylic acids is 1. The van der Waals surface area contributed by atoms with E-state index in [1.807, 2.05) is 24.3 Å². The molecule has 0 saturated carbocycles. The average molecular weight is 328 g/mol. The summed E-state index contributed by atoms with van der Waals surface area (Å²) < 4.78 is 18.8. The van der Waals surface area contributed by atoms with Crippen molar-refractivity contribution in [1.29, 1.82) is 0 Å². The van der Waals surface area contributed by atoms with Crippen molar-refractivity contribution in [3.8, 4) is 5.75 Å². The topological polar surface area (TPSA) is 59.9 Å². The molecule has 2 aromatic carbocycles. The summed E-state index contributed by atoms with van der Waals surface area (Å²) in [5.74, 6) is 0.104. The lowest BCUT2D eigenvalue weighted by Crippen LogP contribution is -2.34. The Morgan fingerprint density at radius 1 is 1.29 bits per heavy atom. The molecule has 0 unspecified atom stereocenters. The Kier molecular flexibility index (Phi) is 4.74. The molecule has 0 bridgehead atoms. The first-order valence-electron chi connectivity index (χ1n) is 7.55. The molecule has 0 fully saturated rings. The second kappa shape index (κ2) is 7.12. The summed E-state index contributed by atoms with van der Waals surface area (Å²) in [7, 11) is 1.60. The second-order valence-corrected chi connectivity index (χ2v) is 5.38. The van der Waals surface area contributed by atoms with Crippen LogP contribution in [0, 0.1) is 5.82 Å². The highest BCUT2D eigenvalue weighted by Gasteiger charge is 2.29. The van der Waals surface area contributed by atoms with Crippen LogP contribution in [0.3, 0.4) is 0 Å². The molecule has 124 valence electrons. The summed E-state index contributed by atoms with van der Waals surface area (Å²) in [5, 5.41) is 6.64. The lowest BCUT2D eigenvalue weighted by Gasteiger charge is -2.10. The molecule has 0 spiro atoms. The van der Waals surface area contributed by atoms with Crippen molar-refractivity contribution in [1.82, 2.24) is 5.32 Å². The van der Waals surface area contributed by atoms with Gasteiger partial charge in [0.05, 0.1) is 12.8 Å². The maximum atomic E-state index is 13.8. The molecular formula is C18H17FN2O3. The van der Waals surface area contributed by atoms with Crippen molar-refractivity contribution in [3.63, 3.8) is 0 Å². The van der Waals surface area contributed by atoms with Crippen molar-refractivity contribution in [3.05, 3.63) is 65.5 Å². The Labute approximate surface area is 139 Å². The molecule has 0 radical (unpaired) electrons. The number of rotatable bonds is 5. The van der Waals surface area contributed by atoms with Crippen molar-refractivity contribution in [2.24, 2.45) is 5.16 Å². The molecule has 1 aliphatic heterocycles. The number of amides is 1. The molecule has 2 aromatic rings. The van der Waals surface area contributed by atoms with Gasteiger partial charge in [-0.05, 0) is 23.8 Å². The number of benzene rings is 2. The number of oxime groups is 1. The van der Waals surface area contributed by atoms with Crippen LogP contribution in [0.5, 0.6) is 5.75 Å². The van der Waals surface area contributed by atoms with Gasteiger partial charge in [0, 0.05) is 18.5 Å². The van der Waals surface area contributed by atoms with E-state index in [4.69, 9.17) is 9.57 Å². The van der Waals surface area contributed by atoms with Crippen LogP contribution in [-0.2, 0) is 16.2 Å². The lowest BCUT2D eigenvalue weighted by atomic mass is 10.0. The van der Waals surface area contributed by atoms with E-state index >= 15 is 0 Å². The minimum atomic E-state index is -0.738. The SMILES string of the molecule is COc1ccc(CNC(=O)[C@@H]2CC(c3ccccc3F)=NO2)cc1. The molecule has 5 nitrogen and oxygen atoms in total. The predicted molar refractivity (Wildman–Crippen MR) is 87.3 cm³/mol. The van der Waals surface area contributed by atoms with Gasteiger partial charge in [-0.1, -0.05) is 35.5 Å². The standard InChI is InChI=1S/C18H17FN2O3/c1-23-13-8-6-12(7-9-13)11-20-18(22)17-10-16(21-24-17)14-4-2-3-5-15(14)19/h2-9,17H,10-11H2,1H3,(H,20,22)/t17-/m0/s1. The van der Waals surface area contributed by atoms with Crippen LogP contribution >= 0.6 is 0 Å². The van der Waals surface area contributed by atoms with E-state index in [-0.39, 0.29) is 18.1 Å². The van der Waals surface area contributed by atoms with E-state index in [0.29, 0.717) is 17.8 Å². The van der Waals surface area contributed by atoms with Crippen LogP contribution in [0.15, 0.2) is 53.7 Å². The monoisotopic (exact) mass is 328 g/mol. The summed E-state index contributed by atoms with van der Waals surface area (Å²) in [5.41, 5.74) is 1.75. The Hall–Kier alpha value is -2.89. The van der Waals surface area contributed by atoms with Crippen LogP contribution in [0.2, 0.25) is 0 Å². The number of hydrogen-bond donors (Lipinski definition) is 1. The first-order valence-corrected chi connectivity index (χ1v) is 7.55. The van der Waals surface area contributed by atoms with Crippen LogP contribution in [0.1, 0.15) is 17.5 Å². The molecule has 1 atom stereocenters. The quantitative estimate of drug-likeness (QED) is 0.918. The third-order valence-corrected chi connectivity index (χ3v) is 3.77. The molecule has 1 amide bonds. The number of methoxy groups -OCH3 is 1. The van der Waals surface area contributed by atoms with Gasteiger partial charge in [-0.25, -0.2) is 4.39 Å². The Morgan fingerprint density at radius 2 is 2.04 bits per heavy atom. The van der Waals surface area contributed by atoms with Crippen molar-refractivity contribution >= 4 is 11.6 Å². The van der Waals surface area contributed by atoms with Crippen molar-refractivity contribution < 1.29 is 18.8 Å². The zero-order valence-electron chi connectivity index (χ0n) is 13.2. The minimum absolute atomic E-state index is 0.245. The summed E-state index contributed by atoms with van der Waals surface area (Å²) in [6, 6.07) is 13.7. The number of ether oxygens (including phenoxy) is 1. The van der Waals surface area contributed by atoms with Gasteiger partial charge in [-0.15, -0.1) is 0 Å². The Morgan fingerprint density at radius 3 is 2.75 bits per heavy atom. The number of hydrogen-bond acceptors (Lipinski definition) is 4. The molecule has 0 aliphatic carbocycles. The third-order valence-electron chi connectivity index (χ3n) is 3.77. The fourth-order valence-electron chi connectivity index (χ4n) is 2.42. The lowest BCUT2D eigenvalue weighted by molar-refractivity contribution is -0.131. The highest BCUT2D eigenvalue weighted by atomic mass is 19.1. The summed E-state index contributed by atoms with van der Waals surface area (Å²) in [6.45, 7) is 0.373. The van der Waals surface area contributed by atoms with Gasteiger partial charge in [0.15, 0.2) is 0 Å². The fourth-order valence-corrected chi connectivity index (χ4v) is 2.42. The molecule has 6 heteroatoms. The van der Waals surface area contributed by atoms with Crippen molar-refractivity contribution in [2.45, 2.75) is 19.1 Å². The maximum Gasteiger partial charge on any atom is 0.264 e. The van der Waals surface area contributed by atoms with Gasteiger partial charge in [0.2, 0.25) is 6.10 Å². The van der Waals surface area contributed by atoms with Crippen molar-refractivity contribution in [2.75, 3.05) is 7.11 Å². The van der Waals surface area contributed by atoms with Gasteiger partial charge in [-0.2, -0.15) is 0 Å². The summed E-state index contributed by atoms with van der Waals surface area (Å²) in [6.07, 6.45) is -0.493. The maximum absolute atomic E-state index is 13.8. The molecule has 0 saturated heterocycles. The minimum Gasteiger partial charge on any atom is -0.497 e. The molecule has 1 aliphatic rings. The first-order chi connectivity index (χ1) is 11.7. The largest absolute Gasteiger partial charge is 0.497 e. The Balaban J connectivity index is 1.55. The van der Waals surface area contributed by atoms with E-state index < -0.39 is 6.10 Å². The van der Waals surface area contributed by atoms with Crippen LogP contribution in [0.25, 0.3) is 0 Å². The summed E-state index contributed by atoms with van der Waals surface area (Å²) >= 11 is 0. The van der Waals surface area contributed by atoms with Crippen LogP contribution in [-0.4, -0.2) is 24.8 Å². The molecule has 24 heavy (non-hydrogen) atoms. The van der Waals surface area contributed by atoms with Gasteiger partial charge in [0.1, 0.15) is 11.6 Å². The fraction of sp³-hybridized carbons (Fsp3) is 0.222. The van der Waals surface area contributed by atoms with Gasteiger partial charge >= 0.3 is 0 Å².